The molecule has 10 unspecified atom stereocenters. The number of amides is 10. The van der Waals surface area contributed by atoms with Gasteiger partial charge in [0.2, 0.25) is 59.6 Å². The highest BCUT2D eigenvalue weighted by Crippen LogP contribution is 2.35. The average Bonchev–Trinajstić information content (AvgIpc) is 4.26. The molecular formula is C51H72N10O12. The molecule has 10 saturated heterocycles. The van der Waals surface area contributed by atoms with Crippen molar-refractivity contribution >= 4 is 65.5 Å². The number of nitrogens with zero attached hydrogens (tertiary/aromatic N) is 10. The van der Waals surface area contributed by atoms with Gasteiger partial charge in [-0.25, -0.2) is 4.79 Å². The van der Waals surface area contributed by atoms with Crippen molar-refractivity contribution in [2.45, 2.75) is 189 Å². The highest BCUT2D eigenvalue weighted by Gasteiger charge is 2.52. The highest BCUT2D eigenvalue weighted by atomic mass is 16.4. The summed E-state index contributed by atoms with van der Waals surface area (Å²) in [4.78, 5) is 168. The predicted molar refractivity (Wildman–Crippen MR) is 256 cm³/mol. The highest BCUT2D eigenvalue weighted by molar-refractivity contribution is 6.00. The second kappa shape index (κ2) is 21.2. The van der Waals surface area contributed by atoms with Gasteiger partial charge in [-0.1, -0.05) is 0 Å². The lowest BCUT2D eigenvalue weighted by Gasteiger charge is -2.37. The third-order valence-electron chi connectivity index (χ3n) is 18.1. The van der Waals surface area contributed by atoms with Gasteiger partial charge in [0, 0.05) is 65.4 Å². The van der Waals surface area contributed by atoms with Crippen LogP contribution in [-0.4, -0.2) is 246 Å². The number of carbonyl (C=O) groups is 11. The van der Waals surface area contributed by atoms with Gasteiger partial charge in [-0.05, 0) is 128 Å². The van der Waals surface area contributed by atoms with E-state index in [0.29, 0.717) is 200 Å². The van der Waals surface area contributed by atoms with E-state index in [1.165, 1.54) is 14.7 Å². The van der Waals surface area contributed by atoms with Crippen LogP contribution >= 0.6 is 0 Å². The summed E-state index contributed by atoms with van der Waals surface area (Å²) < 4.78 is 0. The predicted octanol–water partition coefficient (Wildman–Crippen LogP) is -0.389. The van der Waals surface area contributed by atoms with Crippen LogP contribution in [0.25, 0.3) is 0 Å². The van der Waals surface area contributed by atoms with E-state index in [0.717, 1.165) is 0 Å². The number of carboxylic acids is 1. The zero-order valence-corrected chi connectivity index (χ0v) is 42.0. The second-order valence-corrected chi connectivity index (χ2v) is 22.0. The standard InChI is InChI=1S/C51H72N10O12/c62-31-52-21-1-11-32(52)42(63)53-22-2-12-33(53)43(64)54-23-3-13-34(54)44(65)55-24-4-14-35(55)45(66)56-25-5-15-36(56)46(67)57-26-6-16-37(57)47(68)58-27-7-17-38(58)48(69)59-28-8-18-39(59)49(70)60-29-9-19-40(60)50(71)61-30-10-20-41(61)51(72)73/h31-41H,1-30H2,(H,72,73). The third kappa shape index (κ3) is 9.19. The van der Waals surface area contributed by atoms with Crippen LogP contribution in [0, 0.1) is 0 Å². The quantitative estimate of drug-likeness (QED) is 0.261. The maximum atomic E-state index is 14.7. The number of aliphatic carboxylic acids is 1. The van der Waals surface area contributed by atoms with Crippen LogP contribution in [-0.2, 0) is 52.7 Å². The van der Waals surface area contributed by atoms with Crippen LogP contribution in [0.4, 0.5) is 0 Å². The Labute approximate surface area is 425 Å². The van der Waals surface area contributed by atoms with E-state index in [-0.39, 0.29) is 53.2 Å². The molecule has 10 amide bonds. The molecule has 0 spiro atoms. The number of likely N-dealkylation sites (tertiary alicyclic amines) is 10. The van der Waals surface area contributed by atoms with Gasteiger partial charge in [0.05, 0.1) is 0 Å². The second-order valence-electron chi connectivity index (χ2n) is 22.0. The fourth-order valence-electron chi connectivity index (χ4n) is 14.5. The third-order valence-corrected chi connectivity index (χ3v) is 18.1. The molecule has 10 rings (SSSR count). The van der Waals surface area contributed by atoms with Crippen LogP contribution in [0.2, 0.25) is 0 Å². The van der Waals surface area contributed by atoms with Gasteiger partial charge < -0.3 is 54.1 Å². The van der Waals surface area contributed by atoms with E-state index in [1.807, 2.05) is 0 Å². The minimum Gasteiger partial charge on any atom is -0.480 e. The first kappa shape index (κ1) is 50.7. The molecule has 0 aliphatic carbocycles. The Morgan fingerprint density at radius 3 is 0.630 bits per heavy atom. The van der Waals surface area contributed by atoms with E-state index in [4.69, 9.17) is 0 Å². The van der Waals surface area contributed by atoms with Crippen molar-refractivity contribution in [1.82, 2.24) is 49.0 Å². The van der Waals surface area contributed by atoms with Gasteiger partial charge in [0.15, 0.2) is 0 Å². The van der Waals surface area contributed by atoms with Gasteiger partial charge in [-0.2, -0.15) is 0 Å². The maximum absolute atomic E-state index is 14.7. The van der Waals surface area contributed by atoms with E-state index in [2.05, 4.69) is 0 Å². The molecule has 10 aliphatic heterocycles. The lowest BCUT2D eigenvalue weighted by Crippen LogP contribution is -2.59. The topological polar surface area (TPSA) is 240 Å². The molecule has 22 heteroatoms. The summed E-state index contributed by atoms with van der Waals surface area (Å²) in [6, 6.07) is -7.95. The van der Waals surface area contributed by atoms with Crippen molar-refractivity contribution in [3.05, 3.63) is 0 Å². The minimum atomic E-state index is -1.06. The van der Waals surface area contributed by atoms with Crippen molar-refractivity contribution in [2.24, 2.45) is 0 Å². The Hall–Kier alpha value is -5.83. The molecule has 73 heavy (non-hydrogen) atoms. The van der Waals surface area contributed by atoms with E-state index in [1.54, 1.807) is 34.3 Å². The number of hydrogen-bond acceptors (Lipinski definition) is 11. The molecule has 0 radical (unpaired) electrons. The van der Waals surface area contributed by atoms with Crippen molar-refractivity contribution in [1.29, 1.82) is 0 Å². The zero-order chi connectivity index (χ0) is 51.2. The van der Waals surface area contributed by atoms with Gasteiger partial charge in [-0.15, -0.1) is 0 Å². The van der Waals surface area contributed by atoms with Crippen LogP contribution in [0.15, 0.2) is 0 Å². The number of rotatable bonds is 11. The number of carbonyl (C=O) groups excluding carboxylic acids is 10. The largest absolute Gasteiger partial charge is 0.480 e. The lowest BCUT2D eigenvalue weighted by atomic mass is 10.1. The van der Waals surface area contributed by atoms with Gasteiger partial charge in [-0.3, -0.25) is 47.9 Å². The molecule has 0 aromatic carbocycles. The lowest BCUT2D eigenvalue weighted by molar-refractivity contribution is -0.156. The van der Waals surface area contributed by atoms with E-state index < -0.39 is 66.4 Å². The van der Waals surface area contributed by atoms with Gasteiger partial charge >= 0.3 is 5.97 Å². The molecule has 0 aromatic heterocycles. The van der Waals surface area contributed by atoms with Crippen LogP contribution in [0.5, 0.6) is 0 Å². The molecule has 398 valence electrons. The normalized spacial score (nSPS) is 32.5. The summed E-state index contributed by atoms with van der Waals surface area (Å²) in [6.45, 7) is 3.49. The molecule has 1 N–H and O–H groups in total. The average molecular weight is 1020 g/mol. The Morgan fingerprint density at radius 2 is 0.425 bits per heavy atom. The summed E-state index contributed by atoms with van der Waals surface area (Å²) in [5, 5.41) is 9.73. The molecule has 0 bridgehead atoms. The minimum absolute atomic E-state index is 0.231. The molecule has 10 atom stereocenters. The summed E-state index contributed by atoms with van der Waals surface area (Å²) >= 11 is 0. The fourth-order valence-corrected chi connectivity index (χ4v) is 14.5. The molecule has 10 heterocycles. The van der Waals surface area contributed by atoms with E-state index >= 15 is 0 Å². The Kier molecular flexibility index (Phi) is 14.7. The van der Waals surface area contributed by atoms with Gasteiger partial charge in [0.1, 0.15) is 60.4 Å². The molecule has 22 nitrogen and oxygen atoms in total. The first-order valence-electron chi connectivity index (χ1n) is 27.5. The summed E-state index contributed by atoms with van der Waals surface area (Å²) in [7, 11) is 0. The van der Waals surface area contributed by atoms with Crippen molar-refractivity contribution in [3.63, 3.8) is 0 Å². The Balaban J connectivity index is 0.769. The van der Waals surface area contributed by atoms with Gasteiger partial charge in [0.25, 0.3) is 0 Å². The monoisotopic (exact) mass is 1020 g/mol. The Bertz CT molecular complexity index is 2270. The fraction of sp³-hybridized carbons (Fsp3) is 0.784. The Morgan fingerprint density at radius 1 is 0.260 bits per heavy atom. The van der Waals surface area contributed by atoms with Crippen molar-refractivity contribution < 1.29 is 57.8 Å². The van der Waals surface area contributed by atoms with E-state index in [9.17, 15) is 57.8 Å². The zero-order valence-electron chi connectivity index (χ0n) is 42.0. The molecule has 0 saturated carbocycles. The molecule has 10 fully saturated rings. The first-order valence-corrected chi connectivity index (χ1v) is 27.5. The van der Waals surface area contributed by atoms with Crippen molar-refractivity contribution in [3.8, 4) is 0 Å². The number of hydrogen-bond donors (Lipinski definition) is 1. The SMILES string of the molecule is O=CN1CCCC1C(=O)N1CCCC1C(=O)N1CCCC1C(=O)N1CCCC1C(=O)N1CCCC1C(=O)N1CCCC1C(=O)N1CCCC1C(=O)N1CCCC1C(=O)N1CCCC1C(=O)N1CCCC1C(=O)O. The first-order chi connectivity index (χ1) is 35.3. The number of carboxylic acid groups (broad SMARTS) is 1. The molecule has 0 aromatic rings. The summed E-state index contributed by atoms with van der Waals surface area (Å²) in [5.41, 5.74) is 0. The maximum Gasteiger partial charge on any atom is 0.326 e. The van der Waals surface area contributed by atoms with Crippen LogP contribution < -0.4 is 0 Å². The smallest absolute Gasteiger partial charge is 0.326 e. The molecule has 10 aliphatic rings. The van der Waals surface area contributed by atoms with Crippen LogP contribution in [0.3, 0.4) is 0 Å². The van der Waals surface area contributed by atoms with Crippen LogP contribution in [0.1, 0.15) is 128 Å². The summed E-state index contributed by atoms with van der Waals surface area (Å²) in [5.74, 6) is -3.91. The molecular weight excluding hydrogens is 945 g/mol. The van der Waals surface area contributed by atoms with Crippen molar-refractivity contribution in [2.75, 3.05) is 65.4 Å². The summed E-state index contributed by atoms with van der Waals surface area (Å²) in [6.07, 6.45) is 10.9.